The Bertz CT molecular complexity index is 490. The Kier molecular flexibility index (Phi) is 4.95. The minimum absolute atomic E-state index is 0.0487. The molecule has 0 aliphatic carbocycles. The lowest BCUT2D eigenvalue weighted by Gasteiger charge is -2.10. The van der Waals surface area contributed by atoms with Gasteiger partial charge in [0, 0.05) is 31.1 Å². The summed E-state index contributed by atoms with van der Waals surface area (Å²) in [7, 11) is 0. The summed E-state index contributed by atoms with van der Waals surface area (Å²) in [5, 5.41) is 14.4. The highest BCUT2D eigenvalue weighted by atomic mass is 16.5. The molecule has 1 aromatic carbocycles. The van der Waals surface area contributed by atoms with Crippen LogP contribution in [-0.4, -0.2) is 43.3 Å². The molecule has 3 N–H and O–H groups in total. The number of carbonyl (C=O) groups excluding carboxylic acids is 1. The quantitative estimate of drug-likeness (QED) is 0.642. The summed E-state index contributed by atoms with van der Waals surface area (Å²) in [5.41, 5.74) is 2.26. The maximum Gasteiger partial charge on any atom is 0.329 e. The van der Waals surface area contributed by atoms with E-state index in [-0.39, 0.29) is 25.0 Å². The van der Waals surface area contributed by atoms with E-state index in [0.717, 1.165) is 12.2 Å². The molecule has 0 fully saturated rings. The molecule has 0 bridgehead atoms. The molecule has 20 heavy (non-hydrogen) atoms. The summed E-state index contributed by atoms with van der Waals surface area (Å²) in [6.07, 6.45) is 0.420. The van der Waals surface area contributed by atoms with Crippen molar-refractivity contribution in [3.05, 3.63) is 29.8 Å². The Morgan fingerprint density at radius 3 is 3.00 bits per heavy atom. The van der Waals surface area contributed by atoms with Crippen LogP contribution in [0.4, 0.5) is 5.69 Å². The number of hydrogen-bond donors (Lipinski definition) is 3. The number of nitrogens with one attached hydrogen (secondary N) is 2. The van der Waals surface area contributed by atoms with E-state index in [2.05, 4.69) is 10.6 Å². The second kappa shape index (κ2) is 6.91. The zero-order chi connectivity index (χ0) is 14.4. The third kappa shape index (κ3) is 3.96. The van der Waals surface area contributed by atoms with Crippen molar-refractivity contribution in [3.8, 4) is 0 Å². The fourth-order valence-corrected chi connectivity index (χ4v) is 2.26. The molecule has 0 spiro atoms. The third-order valence-corrected chi connectivity index (χ3v) is 3.17. The SMILES string of the molecule is O=C(O)COCCNC(=O)CC1CNc2ccccc21. The molecule has 6 nitrogen and oxygen atoms in total. The second-order valence-electron chi connectivity index (χ2n) is 4.67. The van der Waals surface area contributed by atoms with Crippen LogP contribution in [0.25, 0.3) is 0 Å². The second-order valence-corrected chi connectivity index (χ2v) is 4.67. The van der Waals surface area contributed by atoms with Crippen LogP contribution < -0.4 is 10.6 Å². The van der Waals surface area contributed by atoms with Crippen LogP contribution in [-0.2, 0) is 14.3 Å². The first-order valence-corrected chi connectivity index (χ1v) is 6.56. The lowest BCUT2D eigenvalue weighted by Crippen LogP contribution is -2.29. The van der Waals surface area contributed by atoms with Gasteiger partial charge in [-0.25, -0.2) is 4.79 Å². The number of aliphatic carboxylic acids is 1. The Labute approximate surface area is 117 Å². The summed E-state index contributed by atoms with van der Waals surface area (Å²) in [6, 6.07) is 7.97. The van der Waals surface area contributed by atoms with Gasteiger partial charge in [-0.2, -0.15) is 0 Å². The summed E-state index contributed by atoms with van der Waals surface area (Å²) in [4.78, 5) is 22.0. The van der Waals surface area contributed by atoms with Crippen LogP contribution in [0.15, 0.2) is 24.3 Å². The molecule has 1 unspecified atom stereocenters. The first kappa shape index (κ1) is 14.3. The highest BCUT2D eigenvalue weighted by molar-refractivity contribution is 5.78. The van der Waals surface area contributed by atoms with Gasteiger partial charge in [0.15, 0.2) is 0 Å². The molecule has 0 saturated heterocycles. The van der Waals surface area contributed by atoms with Crippen molar-refractivity contribution in [2.24, 2.45) is 0 Å². The summed E-state index contributed by atoms with van der Waals surface area (Å²) in [5.74, 6) is -0.872. The number of carbonyl (C=O) groups is 2. The van der Waals surface area contributed by atoms with Gasteiger partial charge in [0.05, 0.1) is 6.61 Å². The molecule has 1 heterocycles. The van der Waals surface area contributed by atoms with E-state index in [1.165, 1.54) is 5.56 Å². The van der Waals surface area contributed by atoms with Crippen molar-refractivity contribution in [1.29, 1.82) is 0 Å². The average Bonchev–Trinajstić information content (AvgIpc) is 2.81. The zero-order valence-corrected chi connectivity index (χ0v) is 11.1. The Hall–Kier alpha value is -2.08. The minimum atomic E-state index is -1.01. The van der Waals surface area contributed by atoms with Gasteiger partial charge in [-0.05, 0) is 11.6 Å². The largest absolute Gasteiger partial charge is 0.480 e. The van der Waals surface area contributed by atoms with E-state index < -0.39 is 5.97 Å². The van der Waals surface area contributed by atoms with Crippen LogP contribution >= 0.6 is 0 Å². The summed E-state index contributed by atoms with van der Waals surface area (Å²) < 4.78 is 4.85. The Morgan fingerprint density at radius 2 is 2.20 bits per heavy atom. The number of benzene rings is 1. The van der Waals surface area contributed by atoms with Crippen LogP contribution in [0, 0.1) is 0 Å². The highest BCUT2D eigenvalue weighted by Gasteiger charge is 2.23. The van der Waals surface area contributed by atoms with Gasteiger partial charge in [-0.3, -0.25) is 4.79 Å². The first-order chi connectivity index (χ1) is 9.66. The van der Waals surface area contributed by atoms with Gasteiger partial charge in [0.2, 0.25) is 5.91 Å². The Morgan fingerprint density at radius 1 is 1.40 bits per heavy atom. The van der Waals surface area contributed by atoms with Gasteiger partial charge in [-0.1, -0.05) is 18.2 Å². The van der Waals surface area contributed by atoms with Crippen molar-refractivity contribution in [2.75, 3.05) is 31.6 Å². The lowest BCUT2D eigenvalue weighted by atomic mass is 9.98. The van der Waals surface area contributed by atoms with Crippen molar-refractivity contribution in [3.63, 3.8) is 0 Å². The molecule has 2 rings (SSSR count). The maximum absolute atomic E-state index is 11.8. The number of carboxylic acid groups (broad SMARTS) is 1. The van der Waals surface area contributed by atoms with E-state index in [0.29, 0.717) is 13.0 Å². The van der Waals surface area contributed by atoms with E-state index >= 15 is 0 Å². The number of anilines is 1. The highest BCUT2D eigenvalue weighted by Crippen LogP contribution is 2.32. The summed E-state index contributed by atoms with van der Waals surface area (Å²) in [6.45, 7) is 0.962. The summed E-state index contributed by atoms with van der Waals surface area (Å²) >= 11 is 0. The molecule has 0 saturated carbocycles. The monoisotopic (exact) mass is 278 g/mol. The topological polar surface area (TPSA) is 87.7 Å². The number of fused-ring (bicyclic) bond motifs is 1. The molecular weight excluding hydrogens is 260 g/mol. The van der Waals surface area contributed by atoms with E-state index in [4.69, 9.17) is 9.84 Å². The van der Waals surface area contributed by atoms with Crippen LogP contribution in [0.5, 0.6) is 0 Å². The van der Waals surface area contributed by atoms with Gasteiger partial charge in [0.1, 0.15) is 6.61 Å². The van der Waals surface area contributed by atoms with E-state index in [1.54, 1.807) is 0 Å². The van der Waals surface area contributed by atoms with Crippen molar-refractivity contribution < 1.29 is 19.4 Å². The fourth-order valence-electron chi connectivity index (χ4n) is 2.26. The number of para-hydroxylation sites is 1. The van der Waals surface area contributed by atoms with E-state index in [1.807, 2.05) is 24.3 Å². The maximum atomic E-state index is 11.8. The number of ether oxygens (including phenoxy) is 1. The predicted octanol–water partition coefficient (Wildman–Crippen LogP) is 0.803. The first-order valence-electron chi connectivity index (χ1n) is 6.56. The lowest BCUT2D eigenvalue weighted by molar-refractivity contribution is -0.142. The molecule has 1 atom stereocenters. The number of hydrogen-bond acceptors (Lipinski definition) is 4. The normalized spacial score (nSPS) is 16.3. The molecule has 1 amide bonds. The van der Waals surface area contributed by atoms with E-state index in [9.17, 15) is 9.59 Å². The number of carboxylic acids is 1. The van der Waals surface area contributed by atoms with Crippen molar-refractivity contribution in [2.45, 2.75) is 12.3 Å². The van der Waals surface area contributed by atoms with Gasteiger partial charge < -0.3 is 20.5 Å². The predicted molar refractivity (Wildman–Crippen MR) is 73.8 cm³/mol. The van der Waals surface area contributed by atoms with Gasteiger partial charge in [-0.15, -0.1) is 0 Å². The fraction of sp³-hybridized carbons (Fsp3) is 0.429. The van der Waals surface area contributed by atoms with Crippen LogP contribution in [0.2, 0.25) is 0 Å². The van der Waals surface area contributed by atoms with Gasteiger partial charge >= 0.3 is 5.97 Å². The van der Waals surface area contributed by atoms with Crippen LogP contribution in [0.1, 0.15) is 17.9 Å². The standard InChI is InChI=1S/C14H18N2O4/c17-13(15-5-6-20-9-14(18)19)7-10-8-16-12-4-2-1-3-11(10)12/h1-4,10,16H,5-9H2,(H,15,17)(H,18,19). The zero-order valence-electron chi connectivity index (χ0n) is 11.1. The molecule has 1 aromatic rings. The molecule has 108 valence electrons. The van der Waals surface area contributed by atoms with Gasteiger partial charge in [0.25, 0.3) is 0 Å². The van der Waals surface area contributed by atoms with Crippen molar-refractivity contribution in [1.82, 2.24) is 5.32 Å². The van der Waals surface area contributed by atoms with Crippen LogP contribution in [0.3, 0.4) is 0 Å². The molecule has 6 heteroatoms. The molecule has 1 aliphatic heterocycles. The molecule has 1 aliphatic rings. The average molecular weight is 278 g/mol. The van der Waals surface area contributed by atoms with Crippen molar-refractivity contribution >= 4 is 17.6 Å². The smallest absolute Gasteiger partial charge is 0.329 e. The minimum Gasteiger partial charge on any atom is -0.480 e. The molecule has 0 aromatic heterocycles. The Balaban J connectivity index is 1.69. The molecular formula is C14H18N2O4. The number of amides is 1. The number of rotatable bonds is 7. The third-order valence-electron chi connectivity index (χ3n) is 3.17. The molecule has 0 radical (unpaired) electrons.